The molecule has 1 fully saturated rings. The normalized spacial score (nSPS) is 24.5. The van der Waals surface area contributed by atoms with Crippen LogP contribution in [0.1, 0.15) is 37.0 Å². The van der Waals surface area contributed by atoms with E-state index in [-0.39, 0.29) is 35.5 Å². The third-order valence-electron chi connectivity index (χ3n) is 4.65. The molecule has 0 aromatic heterocycles. The van der Waals surface area contributed by atoms with Gasteiger partial charge in [-0.1, -0.05) is 0 Å². The van der Waals surface area contributed by atoms with Crippen molar-refractivity contribution in [2.24, 2.45) is 11.7 Å². The summed E-state index contributed by atoms with van der Waals surface area (Å²) < 4.78 is 0. The molecule has 1 aromatic rings. The zero-order chi connectivity index (χ0) is 16.6. The molecular formula is C17H24ClN3O2S. The number of nitrogens with two attached hydrogens (primary N) is 1. The lowest BCUT2D eigenvalue weighted by Gasteiger charge is -2.35. The molecule has 1 saturated heterocycles. The van der Waals surface area contributed by atoms with Crippen LogP contribution in [-0.2, 0) is 4.79 Å². The predicted molar refractivity (Wildman–Crippen MR) is 99.9 cm³/mol. The maximum absolute atomic E-state index is 12.8. The highest BCUT2D eigenvalue weighted by molar-refractivity contribution is 8.00. The highest BCUT2D eigenvalue weighted by Gasteiger charge is 2.28. The molecule has 3 atom stereocenters. The number of thioether (sulfide) groups is 1. The molecule has 2 amide bonds. The number of halogens is 1. The van der Waals surface area contributed by atoms with E-state index < -0.39 is 0 Å². The summed E-state index contributed by atoms with van der Waals surface area (Å²) in [7, 11) is 0. The Balaban J connectivity index is 0.00000208. The van der Waals surface area contributed by atoms with Crippen molar-refractivity contribution < 1.29 is 9.59 Å². The van der Waals surface area contributed by atoms with Crippen molar-refractivity contribution in [3.05, 3.63) is 23.8 Å². The van der Waals surface area contributed by atoms with E-state index in [1.165, 1.54) is 11.8 Å². The van der Waals surface area contributed by atoms with Gasteiger partial charge in [0.05, 0.1) is 10.9 Å². The topological polar surface area (TPSA) is 75.4 Å². The summed E-state index contributed by atoms with van der Waals surface area (Å²) in [5.74, 6) is 0.375. The van der Waals surface area contributed by atoms with E-state index >= 15 is 0 Å². The molecule has 24 heavy (non-hydrogen) atoms. The molecule has 2 aliphatic rings. The quantitative estimate of drug-likeness (QED) is 0.840. The molecule has 7 heteroatoms. The van der Waals surface area contributed by atoms with Crippen LogP contribution in [0.2, 0.25) is 0 Å². The molecule has 5 nitrogen and oxygen atoms in total. The highest BCUT2D eigenvalue weighted by atomic mass is 35.5. The van der Waals surface area contributed by atoms with E-state index in [0.29, 0.717) is 18.0 Å². The maximum Gasteiger partial charge on any atom is 0.253 e. The van der Waals surface area contributed by atoms with Crippen LogP contribution in [0.4, 0.5) is 5.69 Å². The molecule has 3 N–H and O–H groups in total. The number of nitrogens with zero attached hydrogens (tertiary/aromatic N) is 1. The number of carbonyl (C=O) groups excluding carboxylic acids is 2. The van der Waals surface area contributed by atoms with Crippen molar-refractivity contribution in [1.82, 2.24) is 4.90 Å². The number of rotatable bonds is 2. The van der Waals surface area contributed by atoms with Crippen LogP contribution in [0.5, 0.6) is 0 Å². The molecule has 132 valence electrons. The Labute approximate surface area is 153 Å². The van der Waals surface area contributed by atoms with Gasteiger partial charge in [-0.3, -0.25) is 9.59 Å². The minimum Gasteiger partial charge on any atom is -0.338 e. The van der Waals surface area contributed by atoms with E-state index in [1.807, 2.05) is 30.9 Å². The number of amides is 2. The molecule has 2 aliphatic heterocycles. The fourth-order valence-corrected chi connectivity index (χ4v) is 4.08. The summed E-state index contributed by atoms with van der Waals surface area (Å²) in [6, 6.07) is 5.68. The zero-order valence-electron chi connectivity index (χ0n) is 14.0. The van der Waals surface area contributed by atoms with Crippen LogP contribution in [0, 0.1) is 5.92 Å². The molecule has 0 spiro atoms. The minimum absolute atomic E-state index is 0. The van der Waals surface area contributed by atoms with Gasteiger partial charge in [0.25, 0.3) is 5.91 Å². The van der Waals surface area contributed by atoms with Crippen molar-refractivity contribution in [3.63, 3.8) is 0 Å². The van der Waals surface area contributed by atoms with Crippen LogP contribution in [0.25, 0.3) is 0 Å². The van der Waals surface area contributed by atoms with Gasteiger partial charge in [-0.05, 0) is 50.8 Å². The molecule has 3 unspecified atom stereocenters. The third-order valence-corrected chi connectivity index (χ3v) is 5.82. The molecule has 0 saturated carbocycles. The second-order valence-corrected chi connectivity index (χ2v) is 7.86. The SMILES string of the molecule is CC1Sc2ccc(C(=O)N3CCCC(C(C)N)C3)cc2NC1=O.Cl. The number of fused-ring (bicyclic) bond motifs is 1. The summed E-state index contributed by atoms with van der Waals surface area (Å²) in [5.41, 5.74) is 7.37. The minimum atomic E-state index is -0.0991. The fourth-order valence-electron chi connectivity index (χ4n) is 3.15. The number of nitrogens with one attached hydrogen (secondary N) is 1. The summed E-state index contributed by atoms with van der Waals surface area (Å²) in [5, 5.41) is 2.79. The highest BCUT2D eigenvalue weighted by Crippen LogP contribution is 2.36. The van der Waals surface area contributed by atoms with Crippen molar-refractivity contribution in [1.29, 1.82) is 0 Å². The Kier molecular flexibility index (Phi) is 6.17. The number of benzene rings is 1. The van der Waals surface area contributed by atoms with Crippen molar-refractivity contribution in [2.45, 2.75) is 42.9 Å². The second kappa shape index (κ2) is 7.76. The number of anilines is 1. The van der Waals surface area contributed by atoms with Crippen LogP contribution in [0.15, 0.2) is 23.1 Å². The molecule has 0 bridgehead atoms. The lowest BCUT2D eigenvalue weighted by Crippen LogP contribution is -2.45. The third kappa shape index (κ3) is 3.87. The van der Waals surface area contributed by atoms with E-state index in [4.69, 9.17) is 5.73 Å². The predicted octanol–water partition coefficient (Wildman–Crippen LogP) is 2.74. The molecule has 1 aromatic carbocycles. The van der Waals surface area contributed by atoms with E-state index in [1.54, 1.807) is 6.07 Å². The average Bonchev–Trinajstić information content (AvgIpc) is 2.55. The van der Waals surface area contributed by atoms with Crippen LogP contribution in [0.3, 0.4) is 0 Å². The van der Waals surface area contributed by atoms with Gasteiger partial charge in [0.2, 0.25) is 5.91 Å². The summed E-state index contributed by atoms with van der Waals surface area (Å²) in [4.78, 5) is 27.5. The Morgan fingerprint density at radius 3 is 2.92 bits per heavy atom. The fraction of sp³-hybridized carbons (Fsp3) is 0.529. The van der Waals surface area contributed by atoms with E-state index in [9.17, 15) is 9.59 Å². The number of hydrogen-bond donors (Lipinski definition) is 2. The number of likely N-dealkylation sites (tertiary alicyclic amines) is 1. The molecular weight excluding hydrogens is 346 g/mol. The first kappa shape index (κ1) is 19.1. The number of piperidine rings is 1. The standard InChI is InChI=1S/C17H23N3O2S.ClH/c1-10(18)13-4-3-7-20(9-13)17(22)12-5-6-15-14(8-12)19-16(21)11(2)23-15;/h5-6,8,10-11,13H,3-4,7,9,18H2,1-2H3,(H,19,21);1H. The Morgan fingerprint density at radius 1 is 1.46 bits per heavy atom. The first-order valence-corrected chi connectivity index (χ1v) is 9.00. The first-order chi connectivity index (χ1) is 11.0. The van der Waals surface area contributed by atoms with Crippen LogP contribution in [-0.4, -0.2) is 41.1 Å². The number of carbonyl (C=O) groups is 2. The largest absolute Gasteiger partial charge is 0.338 e. The van der Waals surface area contributed by atoms with Gasteiger partial charge in [-0.15, -0.1) is 24.2 Å². The molecule has 0 radical (unpaired) electrons. The van der Waals surface area contributed by atoms with Gasteiger partial charge in [-0.2, -0.15) is 0 Å². The van der Waals surface area contributed by atoms with Crippen LogP contribution >= 0.6 is 24.2 Å². The van der Waals surface area contributed by atoms with Gasteiger partial charge >= 0.3 is 0 Å². The second-order valence-electron chi connectivity index (χ2n) is 6.47. The smallest absolute Gasteiger partial charge is 0.253 e. The summed E-state index contributed by atoms with van der Waals surface area (Å²) in [6.45, 7) is 5.37. The van der Waals surface area contributed by atoms with Gasteiger partial charge in [-0.25, -0.2) is 0 Å². The summed E-state index contributed by atoms with van der Waals surface area (Å²) in [6.07, 6.45) is 2.07. The lowest BCUT2D eigenvalue weighted by atomic mass is 9.92. The van der Waals surface area contributed by atoms with Crippen molar-refractivity contribution >= 4 is 41.7 Å². The van der Waals surface area contributed by atoms with E-state index in [2.05, 4.69) is 5.32 Å². The maximum atomic E-state index is 12.8. The first-order valence-electron chi connectivity index (χ1n) is 8.12. The van der Waals surface area contributed by atoms with Crippen LogP contribution < -0.4 is 11.1 Å². The Morgan fingerprint density at radius 2 is 2.21 bits per heavy atom. The monoisotopic (exact) mass is 369 g/mol. The molecule has 0 aliphatic carbocycles. The van der Waals surface area contributed by atoms with Crippen molar-refractivity contribution in [3.8, 4) is 0 Å². The van der Waals surface area contributed by atoms with Gasteiger partial charge in [0.1, 0.15) is 0 Å². The van der Waals surface area contributed by atoms with Gasteiger partial charge in [0, 0.05) is 29.6 Å². The summed E-state index contributed by atoms with van der Waals surface area (Å²) >= 11 is 1.53. The molecule has 3 rings (SSSR count). The average molecular weight is 370 g/mol. The number of hydrogen-bond acceptors (Lipinski definition) is 4. The van der Waals surface area contributed by atoms with Gasteiger partial charge < -0.3 is 16.0 Å². The Hall–Kier alpha value is -1.24. The lowest BCUT2D eigenvalue weighted by molar-refractivity contribution is -0.115. The van der Waals surface area contributed by atoms with E-state index in [0.717, 1.165) is 30.0 Å². The van der Waals surface area contributed by atoms with Crippen molar-refractivity contribution in [2.75, 3.05) is 18.4 Å². The Bertz CT molecular complexity index is 638. The molecule has 2 heterocycles. The van der Waals surface area contributed by atoms with Gasteiger partial charge in [0.15, 0.2) is 0 Å². The zero-order valence-corrected chi connectivity index (χ0v) is 15.6.